The predicted molar refractivity (Wildman–Crippen MR) is 77.9 cm³/mol. The number of carbonyl (C=O) groups is 2. The van der Waals surface area contributed by atoms with Crippen LogP contribution in [0, 0.1) is 0 Å². The molecule has 0 bridgehead atoms. The quantitative estimate of drug-likeness (QED) is 0.846. The van der Waals surface area contributed by atoms with Gasteiger partial charge < -0.3 is 10.0 Å². The van der Waals surface area contributed by atoms with Crippen LogP contribution in [0.25, 0.3) is 0 Å². The third-order valence-corrected chi connectivity index (χ3v) is 4.65. The number of aliphatic carboxylic acids is 1. The first-order chi connectivity index (χ1) is 10.0. The average molecular weight is 311 g/mol. The summed E-state index contributed by atoms with van der Waals surface area (Å²) in [5, 5.41) is 9.11. The van der Waals surface area contributed by atoms with Gasteiger partial charge in [-0.25, -0.2) is 14.6 Å². The van der Waals surface area contributed by atoms with E-state index in [9.17, 15) is 19.5 Å². The van der Waals surface area contributed by atoms with Crippen molar-refractivity contribution in [3.05, 3.63) is 28.9 Å². The topological polar surface area (TPSA) is 92.5 Å². The molecule has 0 saturated carbocycles. The number of hydrogen-bond donors (Lipinski definition) is 1. The van der Waals surface area contributed by atoms with Gasteiger partial charge in [0.1, 0.15) is 12.6 Å². The molecule has 1 saturated heterocycles. The number of carboxylic acid groups (broad SMARTS) is 1. The lowest BCUT2D eigenvalue weighted by Gasteiger charge is -2.27. The van der Waals surface area contributed by atoms with Crippen LogP contribution in [0.15, 0.2) is 23.3 Å². The Labute approximate surface area is 126 Å². The first kappa shape index (κ1) is 15.6. The molecule has 0 spiro atoms. The molecule has 0 radical (unpaired) electrons. The Morgan fingerprint density at radius 3 is 2.90 bits per heavy atom. The highest BCUT2D eigenvalue weighted by Gasteiger charge is 2.40. The van der Waals surface area contributed by atoms with Crippen LogP contribution in [0.2, 0.25) is 0 Å². The van der Waals surface area contributed by atoms with E-state index in [0.717, 1.165) is 12.8 Å². The van der Waals surface area contributed by atoms with Crippen molar-refractivity contribution < 1.29 is 14.7 Å². The smallest absolute Gasteiger partial charge is 0.347 e. The number of carboxylic acids is 1. The molecule has 1 fully saturated rings. The van der Waals surface area contributed by atoms with E-state index in [1.54, 1.807) is 6.07 Å². The van der Waals surface area contributed by atoms with E-state index >= 15 is 0 Å². The SMILES string of the molecule is CCCC1SCC(C(=O)O)N1C(=O)Cn1cccnc1=O. The molecule has 114 valence electrons. The zero-order valence-electron chi connectivity index (χ0n) is 11.6. The normalized spacial score (nSPS) is 21.5. The number of hydrogen-bond acceptors (Lipinski definition) is 5. The Kier molecular flexibility index (Phi) is 5.00. The van der Waals surface area contributed by atoms with Gasteiger partial charge >= 0.3 is 11.7 Å². The molecular weight excluding hydrogens is 294 g/mol. The number of rotatable bonds is 5. The van der Waals surface area contributed by atoms with Gasteiger partial charge in [0, 0.05) is 18.1 Å². The monoisotopic (exact) mass is 311 g/mol. The van der Waals surface area contributed by atoms with Crippen molar-refractivity contribution in [2.75, 3.05) is 5.75 Å². The van der Waals surface area contributed by atoms with Crippen LogP contribution in [0.1, 0.15) is 19.8 Å². The van der Waals surface area contributed by atoms with Crippen molar-refractivity contribution in [1.82, 2.24) is 14.5 Å². The number of amides is 1. The Morgan fingerprint density at radius 1 is 1.52 bits per heavy atom. The summed E-state index contributed by atoms with van der Waals surface area (Å²) in [5.41, 5.74) is -0.517. The van der Waals surface area contributed by atoms with Gasteiger partial charge in [-0.05, 0) is 12.5 Å². The summed E-state index contributed by atoms with van der Waals surface area (Å²) in [7, 11) is 0. The molecule has 1 aromatic heterocycles. The van der Waals surface area contributed by atoms with E-state index in [4.69, 9.17) is 0 Å². The van der Waals surface area contributed by atoms with Crippen LogP contribution in [0.3, 0.4) is 0 Å². The van der Waals surface area contributed by atoms with Gasteiger partial charge in [0.2, 0.25) is 5.91 Å². The molecule has 2 unspecified atom stereocenters. The minimum Gasteiger partial charge on any atom is -0.480 e. The Morgan fingerprint density at radius 2 is 2.29 bits per heavy atom. The van der Waals surface area contributed by atoms with Crippen molar-refractivity contribution in [1.29, 1.82) is 0 Å². The summed E-state index contributed by atoms with van der Waals surface area (Å²) in [6.07, 6.45) is 4.43. The zero-order chi connectivity index (χ0) is 15.4. The van der Waals surface area contributed by atoms with Gasteiger partial charge in [-0.1, -0.05) is 13.3 Å². The summed E-state index contributed by atoms with van der Waals surface area (Å²) in [6, 6.07) is 0.734. The molecule has 1 aromatic rings. The lowest BCUT2D eigenvalue weighted by Crippen LogP contribution is -2.47. The third kappa shape index (κ3) is 3.44. The maximum absolute atomic E-state index is 12.4. The molecule has 0 aromatic carbocycles. The van der Waals surface area contributed by atoms with Crippen LogP contribution in [-0.2, 0) is 16.1 Å². The van der Waals surface area contributed by atoms with E-state index in [-0.39, 0.29) is 17.8 Å². The summed E-state index contributed by atoms with van der Waals surface area (Å²) in [4.78, 5) is 40.3. The van der Waals surface area contributed by atoms with Crippen LogP contribution in [0.4, 0.5) is 0 Å². The van der Waals surface area contributed by atoms with Crippen LogP contribution in [-0.4, -0.2) is 48.6 Å². The second-order valence-electron chi connectivity index (χ2n) is 4.76. The lowest BCUT2D eigenvalue weighted by molar-refractivity contribution is -0.149. The Hall–Kier alpha value is -1.83. The molecule has 1 amide bonds. The second-order valence-corrected chi connectivity index (χ2v) is 5.97. The second kappa shape index (κ2) is 6.75. The molecule has 2 heterocycles. The van der Waals surface area contributed by atoms with Crippen molar-refractivity contribution in [3.8, 4) is 0 Å². The van der Waals surface area contributed by atoms with Crippen LogP contribution >= 0.6 is 11.8 Å². The lowest BCUT2D eigenvalue weighted by atomic mass is 10.2. The van der Waals surface area contributed by atoms with E-state index in [1.807, 2.05) is 6.92 Å². The molecule has 1 aliphatic rings. The van der Waals surface area contributed by atoms with Crippen LogP contribution < -0.4 is 5.69 Å². The van der Waals surface area contributed by atoms with E-state index < -0.39 is 17.7 Å². The maximum atomic E-state index is 12.4. The Balaban J connectivity index is 2.19. The number of aromatic nitrogens is 2. The van der Waals surface area contributed by atoms with Gasteiger partial charge in [0.05, 0.1) is 5.37 Å². The molecule has 2 atom stereocenters. The number of thioether (sulfide) groups is 1. The van der Waals surface area contributed by atoms with E-state index in [2.05, 4.69) is 4.98 Å². The standard InChI is InChI=1S/C13H17N3O4S/c1-2-4-11-16(9(8-21-11)12(18)19)10(17)7-15-6-3-5-14-13(15)20/h3,5-6,9,11H,2,4,7-8H2,1H3,(H,18,19). The summed E-state index contributed by atoms with van der Waals surface area (Å²) < 4.78 is 1.19. The third-order valence-electron chi connectivity index (χ3n) is 3.29. The molecule has 7 nitrogen and oxygen atoms in total. The van der Waals surface area contributed by atoms with Gasteiger partial charge in [0.25, 0.3) is 0 Å². The van der Waals surface area contributed by atoms with E-state index in [0.29, 0.717) is 5.75 Å². The fraction of sp³-hybridized carbons (Fsp3) is 0.538. The van der Waals surface area contributed by atoms with Gasteiger partial charge in [0.15, 0.2) is 0 Å². The highest BCUT2D eigenvalue weighted by molar-refractivity contribution is 8.00. The molecule has 1 N–H and O–H groups in total. The minimum absolute atomic E-state index is 0.143. The maximum Gasteiger partial charge on any atom is 0.347 e. The average Bonchev–Trinajstić information content (AvgIpc) is 2.86. The summed E-state index contributed by atoms with van der Waals surface area (Å²) in [5.74, 6) is -0.984. The summed E-state index contributed by atoms with van der Waals surface area (Å²) in [6.45, 7) is 1.81. The molecule has 21 heavy (non-hydrogen) atoms. The first-order valence-corrected chi connectivity index (χ1v) is 7.76. The van der Waals surface area contributed by atoms with Crippen molar-refractivity contribution in [3.63, 3.8) is 0 Å². The zero-order valence-corrected chi connectivity index (χ0v) is 12.5. The van der Waals surface area contributed by atoms with Crippen molar-refractivity contribution in [2.24, 2.45) is 0 Å². The van der Waals surface area contributed by atoms with Gasteiger partial charge in [-0.15, -0.1) is 11.8 Å². The van der Waals surface area contributed by atoms with Gasteiger partial charge in [-0.3, -0.25) is 9.36 Å². The Bertz CT molecular complexity index is 589. The number of carbonyl (C=O) groups excluding carboxylic acids is 1. The molecular formula is C13H17N3O4S. The molecule has 1 aliphatic heterocycles. The van der Waals surface area contributed by atoms with E-state index in [1.165, 1.54) is 33.6 Å². The minimum atomic E-state index is -1.01. The molecule has 8 heteroatoms. The first-order valence-electron chi connectivity index (χ1n) is 6.71. The molecule has 2 rings (SSSR count). The highest BCUT2D eigenvalue weighted by Crippen LogP contribution is 2.32. The van der Waals surface area contributed by atoms with Crippen molar-refractivity contribution >= 4 is 23.6 Å². The predicted octanol–water partition coefficient (Wildman–Crippen LogP) is 0.398. The fourth-order valence-electron chi connectivity index (χ4n) is 2.29. The number of nitrogens with zero attached hydrogens (tertiary/aromatic N) is 3. The highest BCUT2D eigenvalue weighted by atomic mass is 32.2. The summed E-state index contributed by atoms with van der Waals surface area (Å²) >= 11 is 1.48. The van der Waals surface area contributed by atoms with Crippen molar-refractivity contribution in [2.45, 2.75) is 37.7 Å². The molecule has 0 aliphatic carbocycles. The fourth-order valence-corrected chi connectivity index (χ4v) is 3.83. The van der Waals surface area contributed by atoms with Gasteiger partial charge in [-0.2, -0.15) is 0 Å². The van der Waals surface area contributed by atoms with Crippen LogP contribution in [0.5, 0.6) is 0 Å². The largest absolute Gasteiger partial charge is 0.480 e.